The van der Waals surface area contributed by atoms with Gasteiger partial charge in [-0.3, -0.25) is 0 Å². The van der Waals surface area contributed by atoms with Gasteiger partial charge in [0.2, 0.25) is 0 Å². The molecule has 0 unspecified atom stereocenters. The van der Waals surface area contributed by atoms with Crippen LogP contribution in [-0.2, 0) is 0 Å². The van der Waals surface area contributed by atoms with Gasteiger partial charge in [0.1, 0.15) is 0 Å². The third kappa shape index (κ3) is 5.29. The molecule has 0 atom stereocenters. The zero-order valence-electron chi connectivity index (χ0n) is 30.3. The molecule has 0 fully saturated rings. The van der Waals surface area contributed by atoms with Gasteiger partial charge in [-0.2, -0.15) is 0 Å². The predicted octanol–water partition coefficient (Wildman–Crippen LogP) is 12.7. The molecule has 0 saturated carbocycles. The average molecular weight is 716 g/mol. The first-order chi connectivity index (χ1) is 27.8. The van der Waals surface area contributed by atoms with Gasteiger partial charge in [0.05, 0.1) is 22.1 Å². The van der Waals surface area contributed by atoms with Crippen molar-refractivity contribution in [3.8, 4) is 56.7 Å². The lowest BCUT2D eigenvalue weighted by Crippen LogP contribution is -2.02. The molecule has 56 heavy (non-hydrogen) atoms. The van der Waals surface area contributed by atoms with Crippen LogP contribution < -0.4 is 0 Å². The van der Waals surface area contributed by atoms with Crippen molar-refractivity contribution in [2.45, 2.75) is 0 Å². The van der Waals surface area contributed by atoms with Crippen molar-refractivity contribution < 1.29 is 0 Å². The molecular formula is C51H33N5. The van der Waals surface area contributed by atoms with Crippen molar-refractivity contribution in [2.24, 2.45) is 0 Å². The van der Waals surface area contributed by atoms with Crippen LogP contribution in [0.3, 0.4) is 0 Å². The number of hydrogen-bond acceptors (Lipinski definition) is 3. The average Bonchev–Trinajstić information content (AvgIpc) is 3.80. The highest BCUT2D eigenvalue weighted by molar-refractivity contribution is 6.11. The number of para-hydroxylation sites is 4. The van der Waals surface area contributed by atoms with Crippen LogP contribution in [0.25, 0.3) is 100 Å². The van der Waals surface area contributed by atoms with E-state index in [2.05, 4.69) is 173 Å². The Morgan fingerprint density at radius 3 is 1.20 bits per heavy atom. The predicted molar refractivity (Wildman–Crippen MR) is 230 cm³/mol. The van der Waals surface area contributed by atoms with E-state index in [1.54, 1.807) is 0 Å². The zero-order chi connectivity index (χ0) is 37.0. The minimum absolute atomic E-state index is 0.612. The smallest absolute Gasteiger partial charge is 0.164 e. The largest absolute Gasteiger partial charge is 0.309 e. The fourth-order valence-corrected chi connectivity index (χ4v) is 8.18. The topological polar surface area (TPSA) is 48.5 Å². The molecule has 0 bridgehead atoms. The molecule has 3 heterocycles. The molecule has 0 radical (unpaired) electrons. The van der Waals surface area contributed by atoms with Crippen molar-refractivity contribution in [1.82, 2.24) is 24.1 Å². The molecule has 0 aliphatic heterocycles. The Balaban J connectivity index is 1.20. The van der Waals surface area contributed by atoms with Crippen molar-refractivity contribution in [3.05, 3.63) is 200 Å². The van der Waals surface area contributed by atoms with Crippen LogP contribution in [0.2, 0.25) is 0 Å². The maximum atomic E-state index is 5.18. The Kier molecular flexibility index (Phi) is 7.42. The Morgan fingerprint density at radius 1 is 0.250 bits per heavy atom. The van der Waals surface area contributed by atoms with Crippen LogP contribution in [-0.4, -0.2) is 24.1 Å². The molecule has 0 aliphatic rings. The van der Waals surface area contributed by atoms with E-state index in [-0.39, 0.29) is 0 Å². The van der Waals surface area contributed by atoms with Gasteiger partial charge in [-0.15, -0.1) is 0 Å². The van der Waals surface area contributed by atoms with Gasteiger partial charge < -0.3 is 9.13 Å². The van der Waals surface area contributed by atoms with Gasteiger partial charge >= 0.3 is 0 Å². The summed E-state index contributed by atoms with van der Waals surface area (Å²) >= 11 is 0. The van der Waals surface area contributed by atoms with E-state index in [9.17, 15) is 0 Å². The van der Waals surface area contributed by atoms with Crippen molar-refractivity contribution in [2.75, 3.05) is 0 Å². The standard InChI is InChI=1S/C51H33N5/c1-4-16-34(17-5-1)49-52-50(35-18-6-2-7-19-35)54-51(53-49)38-30-37(31-40(32-38)56-46-26-14-10-22-41(46)42-23-11-15-27-47(42)56)36-28-29-44-43-24-12-13-25-45(43)55(48(44)33-36)39-20-8-3-9-21-39/h1-33H. The quantitative estimate of drug-likeness (QED) is 0.172. The van der Waals surface area contributed by atoms with E-state index in [0.717, 1.165) is 55.7 Å². The molecule has 5 nitrogen and oxygen atoms in total. The lowest BCUT2D eigenvalue weighted by atomic mass is 9.99. The molecule has 262 valence electrons. The van der Waals surface area contributed by atoms with Gasteiger partial charge in [-0.05, 0) is 65.7 Å². The fraction of sp³-hybridized carbons (Fsp3) is 0. The van der Waals surface area contributed by atoms with E-state index >= 15 is 0 Å². The second-order valence-electron chi connectivity index (χ2n) is 14.1. The molecule has 0 spiro atoms. The number of hydrogen-bond donors (Lipinski definition) is 0. The Labute approximate surface area is 323 Å². The van der Waals surface area contributed by atoms with Crippen LogP contribution in [0, 0.1) is 0 Å². The highest BCUT2D eigenvalue weighted by Crippen LogP contribution is 2.39. The number of benzene rings is 8. The van der Waals surface area contributed by atoms with Crippen LogP contribution in [0.15, 0.2) is 200 Å². The van der Waals surface area contributed by atoms with E-state index in [1.165, 1.54) is 27.1 Å². The maximum Gasteiger partial charge on any atom is 0.164 e. The molecule has 8 aromatic carbocycles. The number of aromatic nitrogens is 5. The summed E-state index contributed by atoms with van der Waals surface area (Å²) in [5.74, 6) is 1.88. The summed E-state index contributed by atoms with van der Waals surface area (Å²) in [6, 6.07) is 70.5. The molecule has 0 amide bonds. The van der Waals surface area contributed by atoms with Crippen molar-refractivity contribution in [3.63, 3.8) is 0 Å². The number of nitrogens with zero attached hydrogens (tertiary/aromatic N) is 5. The maximum absolute atomic E-state index is 5.18. The zero-order valence-corrected chi connectivity index (χ0v) is 30.3. The molecule has 5 heteroatoms. The van der Waals surface area contributed by atoms with Gasteiger partial charge in [-0.25, -0.2) is 15.0 Å². The van der Waals surface area contributed by atoms with Gasteiger partial charge in [0.25, 0.3) is 0 Å². The molecule has 11 aromatic rings. The van der Waals surface area contributed by atoms with Crippen LogP contribution in [0.4, 0.5) is 0 Å². The van der Waals surface area contributed by atoms with Gasteiger partial charge in [-0.1, -0.05) is 146 Å². The molecular weight excluding hydrogens is 683 g/mol. The summed E-state index contributed by atoms with van der Waals surface area (Å²) in [6.07, 6.45) is 0. The lowest BCUT2D eigenvalue weighted by molar-refractivity contribution is 1.07. The second-order valence-corrected chi connectivity index (χ2v) is 14.1. The Bertz CT molecular complexity index is 3120. The lowest BCUT2D eigenvalue weighted by Gasteiger charge is -2.15. The molecule has 0 N–H and O–H groups in total. The summed E-state index contributed by atoms with van der Waals surface area (Å²) in [5.41, 5.74) is 11.7. The van der Waals surface area contributed by atoms with Crippen molar-refractivity contribution in [1.29, 1.82) is 0 Å². The third-order valence-electron chi connectivity index (χ3n) is 10.7. The molecule has 0 aliphatic carbocycles. The summed E-state index contributed by atoms with van der Waals surface area (Å²) in [5, 5.41) is 4.86. The molecule has 11 rings (SSSR count). The third-order valence-corrected chi connectivity index (χ3v) is 10.7. The van der Waals surface area contributed by atoms with Crippen molar-refractivity contribution >= 4 is 43.6 Å². The summed E-state index contributed by atoms with van der Waals surface area (Å²) < 4.78 is 4.74. The van der Waals surface area contributed by atoms with Crippen LogP contribution in [0.1, 0.15) is 0 Å². The first-order valence-electron chi connectivity index (χ1n) is 18.9. The van der Waals surface area contributed by atoms with E-state index in [1.807, 2.05) is 36.4 Å². The number of rotatable bonds is 6. The summed E-state index contributed by atoms with van der Waals surface area (Å²) in [7, 11) is 0. The van der Waals surface area contributed by atoms with E-state index in [0.29, 0.717) is 17.5 Å². The molecule has 0 saturated heterocycles. The Hall–Kier alpha value is -7.63. The monoisotopic (exact) mass is 715 g/mol. The van der Waals surface area contributed by atoms with Crippen LogP contribution in [0.5, 0.6) is 0 Å². The van der Waals surface area contributed by atoms with E-state index in [4.69, 9.17) is 15.0 Å². The highest BCUT2D eigenvalue weighted by Gasteiger charge is 2.19. The van der Waals surface area contributed by atoms with Gasteiger partial charge in [0.15, 0.2) is 17.5 Å². The minimum Gasteiger partial charge on any atom is -0.309 e. The SMILES string of the molecule is c1ccc(-c2nc(-c3ccccc3)nc(-c3cc(-c4ccc5c6ccccc6n(-c6ccccc6)c5c4)cc(-n4c5ccccc5c5ccccc54)c3)n2)cc1. The molecule has 3 aromatic heterocycles. The minimum atomic E-state index is 0.612. The summed E-state index contributed by atoms with van der Waals surface area (Å²) in [4.78, 5) is 15.4. The first kappa shape index (κ1) is 31.9. The van der Waals surface area contributed by atoms with E-state index < -0.39 is 0 Å². The number of fused-ring (bicyclic) bond motifs is 6. The Morgan fingerprint density at radius 2 is 0.661 bits per heavy atom. The summed E-state index contributed by atoms with van der Waals surface area (Å²) in [6.45, 7) is 0. The second kappa shape index (κ2) is 13.0. The van der Waals surface area contributed by atoms with Gasteiger partial charge in [0, 0.05) is 49.6 Å². The first-order valence-corrected chi connectivity index (χ1v) is 18.9. The highest BCUT2D eigenvalue weighted by atomic mass is 15.0. The van der Waals surface area contributed by atoms with Crippen LogP contribution >= 0.6 is 0 Å². The fourth-order valence-electron chi connectivity index (χ4n) is 8.18. The normalized spacial score (nSPS) is 11.6.